The lowest BCUT2D eigenvalue weighted by Crippen LogP contribution is -1.94. The van der Waals surface area contributed by atoms with E-state index in [4.69, 9.17) is 0 Å². The van der Waals surface area contributed by atoms with E-state index in [0.717, 1.165) is 6.42 Å². The van der Waals surface area contributed by atoms with E-state index in [1.807, 2.05) is 0 Å². The van der Waals surface area contributed by atoms with Crippen molar-refractivity contribution in [3.8, 4) is 0 Å². The average Bonchev–Trinajstić information content (AvgIpc) is 3.67. The first-order chi connectivity index (χ1) is 19.3. The Kier molecular flexibility index (Phi) is 4.20. The van der Waals surface area contributed by atoms with Gasteiger partial charge in [0.15, 0.2) is 0 Å². The maximum absolute atomic E-state index is 2.43. The Bertz CT molecular complexity index is 2120. The molecule has 9 rings (SSSR count). The summed E-state index contributed by atoms with van der Waals surface area (Å²) in [6.45, 7) is 0. The lowest BCUT2D eigenvalue weighted by molar-refractivity contribution is 1.31. The molecule has 0 nitrogen and oxygen atoms in total. The van der Waals surface area contributed by atoms with Gasteiger partial charge in [-0.1, -0.05) is 103 Å². The first kappa shape index (κ1) is 21.0. The summed E-state index contributed by atoms with van der Waals surface area (Å²) in [6, 6.07) is 45.3. The molecule has 0 atom stereocenters. The molecule has 0 heterocycles. The molecule has 0 aromatic heterocycles. The lowest BCUT2D eigenvalue weighted by Gasteiger charge is -2.14. The Labute approximate surface area is 227 Å². The zero-order valence-electron chi connectivity index (χ0n) is 21.4. The zero-order chi connectivity index (χ0) is 25.5. The molecule has 3 aliphatic carbocycles. The fraction of sp³-hybridized carbons (Fsp3) is 0.0256. The molecule has 6 aromatic rings. The lowest BCUT2D eigenvalue weighted by atomic mass is 9.89. The van der Waals surface area contributed by atoms with E-state index in [9.17, 15) is 0 Å². The van der Waals surface area contributed by atoms with Crippen molar-refractivity contribution in [2.24, 2.45) is 0 Å². The molecule has 6 aromatic carbocycles. The summed E-state index contributed by atoms with van der Waals surface area (Å²) in [5.41, 5.74) is 16.2. The molecule has 0 fully saturated rings. The standard InChI is InChI=1S/C39H24/c1-2-9-25(10-3-1)36-32-20-27-11-4-6-13-29(27)22-34(32)39-37(31-18-17-24-15-8-16-26(24)19-31)33-21-28-12-5-7-14-30(28)23-35(33)38(36)39/h1-14,16-23H,15H2. The quantitative estimate of drug-likeness (QED) is 0.226. The van der Waals surface area contributed by atoms with Gasteiger partial charge in [0.25, 0.3) is 0 Å². The third kappa shape index (κ3) is 2.95. The van der Waals surface area contributed by atoms with Crippen molar-refractivity contribution in [1.29, 1.82) is 0 Å². The molecule has 0 N–H and O–H groups in total. The maximum atomic E-state index is 2.43. The van der Waals surface area contributed by atoms with Crippen molar-refractivity contribution in [3.05, 3.63) is 172 Å². The first-order valence-corrected chi connectivity index (χ1v) is 13.7. The summed E-state index contributed by atoms with van der Waals surface area (Å²) < 4.78 is 0. The van der Waals surface area contributed by atoms with Crippen LogP contribution in [-0.2, 0) is 6.42 Å². The van der Waals surface area contributed by atoms with Crippen LogP contribution in [0.25, 0.3) is 49.9 Å². The fourth-order valence-corrected chi connectivity index (χ4v) is 6.97. The molecule has 3 aliphatic rings. The van der Waals surface area contributed by atoms with Gasteiger partial charge in [0.05, 0.1) is 0 Å². The number of allylic oxidation sites excluding steroid dienone is 3. The number of hydrogen-bond donors (Lipinski definition) is 0. The Hall–Kier alpha value is -4.94. The second-order valence-electron chi connectivity index (χ2n) is 10.9. The van der Waals surface area contributed by atoms with Gasteiger partial charge in [0, 0.05) is 0 Å². The molecule has 0 saturated carbocycles. The van der Waals surface area contributed by atoms with Gasteiger partial charge in [-0.3, -0.25) is 0 Å². The third-order valence-electron chi connectivity index (χ3n) is 8.73. The summed E-state index contributed by atoms with van der Waals surface area (Å²) >= 11 is 0. The van der Waals surface area contributed by atoms with Gasteiger partial charge in [0.1, 0.15) is 0 Å². The smallest absolute Gasteiger partial charge is 0.000740 e. The van der Waals surface area contributed by atoms with Gasteiger partial charge in [-0.25, -0.2) is 0 Å². The Morgan fingerprint density at radius 2 is 0.872 bits per heavy atom. The Morgan fingerprint density at radius 1 is 0.385 bits per heavy atom. The van der Waals surface area contributed by atoms with Gasteiger partial charge in [0.2, 0.25) is 0 Å². The Morgan fingerprint density at radius 3 is 1.44 bits per heavy atom. The van der Waals surface area contributed by atoms with Gasteiger partial charge >= 0.3 is 0 Å². The van der Waals surface area contributed by atoms with E-state index in [1.165, 1.54) is 88.3 Å². The van der Waals surface area contributed by atoms with Gasteiger partial charge in [-0.15, -0.1) is 0 Å². The van der Waals surface area contributed by atoms with Crippen molar-refractivity contribution >= 4 is 49.9 Å². The molecule has 0 unspecified atom stereocenters. The van der Waals surface area contributed by atoms with E-state index in [1.54, 1.807) is 0 Å². The number of hydrogen-bond acceptors (Lipinski definition) is 0. The predicted molar refractivity (Wildman–Crippen MR) is 165 cm³/mol. The molecule has 39 heavy (non-hydrogen) atoms. The fourth-order valence-electron chi connectivity index (χ4n) is 6.97. The highest BCUT2D eigenvalue weighted by Crippen LogP contribution is 2.59. The SMILES string of the molecule is C1=Cc2cc(C3=C4C(=C(c5ccccc5)c5cc6ccccc6cc54)c4cc5ccccc5cc43)ccc2C1. The average molecular weight is 493 g/mol. The van der Waals surface area contributed by atoms with Crippen molar-refractivity contribution in [2.75, 3.05) is 0 Å². The van der Waals surface area contributed by atoms with Crippen LogP contribution in [0.3, 0.4) is 0 Å². The van der Waals surface area contributed by atoms with Crippen LogP contribution >= 0.6 is 0 Å². The highest BCUT2D eigenvalue weighted by molar-refractivity contribution is 6.36. The second kappa shape index (κ2) is 7.79. The van der Waals surface area contributed by atoms with Crippen LogP contribution in [0.5, 0.6) is 0 Å². The molecule has 0 aliphatic heterocycles. The predicted octanol–water partition coefficient (Wildman–Crippen LogP) is 9.81. The maximum Gasteiger partial charge on any atom is -0.000740 e. The van der Waals surface area contributed by atoms with Gasteiger partial charge in [-0.2, -0.15) is 0 Å². The van der Waals surface area contributed by atoms with Crippen LogP contribution in [0.2, 0.25) is 0 Å². The molecule has 0 saturated heterocycles. The number of benzene rings is 6. The molecule has 0 radical (unpaired) electrons. The molecular formula is C39H24. The van der Waals surface area contributed by atoms with Gasteiger partial charge < -0.3 is 0 Å². The second-order valence-corrected chi connectivity index (χ2v) is 10.9. The molecule has 0 heteroatoms. The van der Waals surface area contributed by atoms with Crippen molar-refractivity contribution in [3.63, 3.8) is 0 Å². The molecule has 0 spiro atoms. The summed E-state index contributed by atoms with van der Waals surface area (Å²) in [5, 5.41) is 5.15. The normalized spacial score (nSPS) is 14.8. The van der Waals surface area contributed by atoms with Crippen molar-refractivity contribution in [1.82, 2.24) is 0 Å². The van der Waals surface area contributed by atoms with E-state index < -0.39 is 0 Å². The zero-order valence-corrected chi connectivity index (χ0v) is 21.4. The molecule has 0 bridgehead atoms. The minimum atomic E-state index is 1.03. The summed E-state index contributed by atoms with van der Waals surface area (Å²) in [5.74, 6) is 0. The van der Waals surface area contributed by atoms with Crippen LogP contribution in [0.4, 0.5) is 0 Å². The largest absolute Gasteiger partial charge is 0.0795 e. The number of fused-ring (bicyclic) bond motifs is 8. The van der Waals surface area contributed by atoms with Crippen LogP contribution in [0.1, 0.15) is 44.5 Å². The Balaban J connectivity index is 1.46. The molecular weight excluding hydrogens is 468 g/mol. The first-order valence-electron chi connectivity index (χ1n) is 13.7. The minimum Gasteiger partial charge on any atom is -0.0795 e. The van der Waals surface area contributed by atoms with Crippen LogP contribution in [-0.4, -0.2) is 0 Å². The topological polar surface area (TPSA) is 0 Å². The monoisotopic (exact) mass is 492 g/mol. The molecule has 180 valence electrons. The summed E-state index contributed by atoms with van der Waals surface area (Å²) in [6.07, 6.45) is 5.58. The van der Waals surface area contributed by atoms with E-state index in [2.05, 4.69) is 133 Å². The summed E-state index contributed by atoms with van der Waals surface area (Å²) in [7, 11) is 0. The van der Waals surface area contributed by atoms with Gasteiger partial charge in [-0.05, 0) is 125 Å². The highest BCUT2D eigenvalue weighted by Gasteiger charge is 2.38. The third-order valence-corrected chi connectivity index (χ3v) is 8.73. The van der Waals surface area contributed by atoms with Crippen molar-refractivity contribution < 1.29 is 0 Å². The summed E-state index contributed by atoms with van der Waals surface area (Å²) in [4.78, 5) is 0. The van der Waals surface area contributed by atoms with Crippen molar-refractivity contribution in [2.45, 2.75) is 6.42 Å². The molecule has 0 amide bonds. The number of rotatable bonds is 2. The van der Waals surface area contributed by atoms with E-state index in [-0.39, 0.29) is 0 Å². The van der Waals surface area contributed by atoms with Crippen LogP contribution in [0, 0.1) is 0 Å². The van der Waals surface area contributed by atoms with Crippen LogP contribution in [0.15, 0.2) is 127 Å². The van der Waals surface area contributed by atoms with Crippen LogP contribution < -0.4 is 0 Å². The minimum absolute atomic E-state index is 1.03. The van der Waals surface area contributed by atoms with E-state index in [0.29, 0.717) is 0 Å². The highest BCUT2D eigenvalue weighted by atomic mass is 14.4. The van der Waals surface area contributed by atoms with E-state index >= 15 is 0 Å².